The number of anilines is 3. The number of nitrogens with one attached hydrogen (secondary N) is 2. The van der Waals surface area contributed by atoms with Crippen LogP contribution in [0.5, 0.6) is 0 Å². The van der Waals surface area contributed by atoms with Gasteiger partial charge < -0.3 is 10.4 Å². The second-order valence-corrected chi connectivity index (χ2v) is 12.5. The summed E-state index contributed by atoms with van der Waals surface area (Å²) in [5.41, 5.74) is -1.91. The van der Waals surface area contributed by atoms with Crippen molar-refractivity contribution in [2.24, 2.45) is 7.05 Å². The summed E-state index contributed by atoms with van der Waals surface area (Å²) >= 11 is 1.95. The van der Waals surface area contributed by atoms with Crippen molar-refractivity contribution in [1.29, 1.82) is 0 Å². The monoisotopic (exact) mass is 667 g/mol. The second kappa shape index (κ2) is 9.91. The van der Waals surface area contributed by atoms with Gasteiger partial charge in [0.05, 0.1) is 27.8 Å². The minimum Gasteiger partial charge on any atom is -0.375 e. The number of sulfonamides is 1. The summed E-state index contributed by atoms with van der Waals surface area (Å²) < 4.78 is 44.2. The average molecular weight is 667 g/mol. The molecule has 0 saturated heterocycles. The zero-order valence-corrected chi connectivity index (χ0v) is 23.7. The van der Waals surface area contributed by atoms with Crippen molar-refractivity contribution in [3.05, 3.63) is 88.6 Å². The number of rotatable bonds is 7. The topological polar surface area (TPSA) is 146 Å². The Kier molecular flexibility index (Phi) is 6.88. The Balaban J connectivity index is 1.78. The third kappa shape index (κ3) is 4.65. The van der Waals surface area contributed by atoms with Gasteiger partial charge >= 0.3 is 5.69 Å². The van der Waals surface area contributed by atoms with Crippen LogP contribution in [0.2, 0.25) is 0 Å². The smallest absolute Gasteiger partial charge is 0.333 e. The molecule has 0 spiro atoms. The zero-order valence-electron chi connectivity index (χ0n) is 20.7. The SMILES string of the molecule is Cc1c(=O)n(C)c(Nc2ccc(I)cc2F)c2c(=O)[nH]c(=O)n(-c3cccc(N(CO)S(=O)(=O)C4CC4)c3)c12. The van der Waals surface area contributed by atoms with Gasteiger partial charge in [-0.05, 0) is 78.8 Å². The van der Waals surface area contributed by atoms with Crippen LogP contribution in [0.4, 0.5) is 21.6 Å². The minimum atomic E-state index is -3.82. The van der Waals surface area contributed by atoms with Crippen LogP contribution < -0.4 is 26.4 Å². The molecule has 0 unspecified atom stereocenters. The highest BCUT2D eigenvalue weighted by molar-refractivity contribution is 14.1. The minimum absolute atomic E-state index is 0.0126. The molecule has 1 saturated carbocycles. The van der Waals surface area contributed by atoms with Gasteiger partial charge in [-0.1, -0.05) is 6.07 Å². The standard InChI is InChI=1S/C25H23FIN5O6S/c1-13-21-20(22(30(2)24(13)35)28-19-9-6-14(27)10-18(19)26)23(34)29-25(36)32(21)16-5-3-4-15(11-16)31(12-33)39(37,38)17-7-8-17/h3-6,9-11,17,28,33H,7-8,12H2,1-2H3,(H,29,34,36). The lowest BCUT2D eigenvalue weighted by molar-refractivity contribution is 0.309. The first kappa shape index (κ1) is 27.1. The van der Waals surface area contributed by atoms with Gasteiger partial charge in [-0.2, -0.15) is 0 Å². The van der Waals surface area contributed by atoms with Crippen LogP contribution in [0.25, 0.3) is 16.6 Å². The van der Waals surface area contributed by atoms with E-state index in [4.69, 9.17) is 0 Å². The Bertz CT molecular complexity index is 1930. The van der Waals surface area contributed by atoms with Gasteiger partial charge in [0.1, 0.15) is 23.8 Å². The summed E-state index contributed by atoms with van der Waals surface area (Å²) in [4.78, 5) is 41.8. The Morgan fingerprint density at radius 1 is 1.18 bits per heavy atom. The molecule has 0 amide bonds. The van der Waals surface area contributed by atoms with Crippen molar-refractivity contribution < 1.29 is 17.9 Å². The molecule has 1 aliphatic rings. The van der Waals surface area contributed by atoms with Crippen LogP contribution in [0.1, 0.15) is 18.4 Å². The fourth-order valence-corrected chi connectivity index (χ4v) is 6.60. The maximum Gasteiger partial charge on any atom is 0.333 e. The quantitative estimate of drug-likeness (QED) is 0.203. The molecule has 3 N–H and O–H groups in total. The van der Waals surface area contributed by atoms with Gasteiger partial charge in [0.15, 0.2) is 0 Å². The Morgan fingerprint density at radius 3 is 2.54 bits per heavy atom. The number of aromatic nitrogens is 3. The number of pyridine rings is 1. The number of benzene rings is 2. The van der Waals surface area contributed by atoms with Crippen molar-refractivity contribution in [1.82, 2.24) is 14.1 Å². The molecule has 204 valence electrons. The van der Waals surface area contributed by atoms with Gasteiger partial charge in [-0.15, -0.1) is 0 Å². The largest absolute Gasteiger partial charge is 0.375 e. The lowest BCUT2D eigenvalue weighted by Crippen LogP contribution is -2.35. The van der Waals surface area contributed by atoms with E-state index in [0.717, 1.165) is 13.4 Å². The maximum absolute atomic E-state index is 14.7. The molecular formula is C25H23FIN5O6S. The van der Waals surface area contributed by atoms with E-state index in [2.05, 4.69) is 10.3 Å². The summed E-state index contributed by atoms with van der Waals surface area (Å²) in [5, 5.41) is 12.0. The number of H-pyrrole nitrogens is 1. The van der Waals surface area contributed by atoms with Crippen LogP contribution in [-0.4, -0.2) is 39.6 Å². The highest BCUT2D eigenvalue weighted by atomic mass is 127. The maximum atomic E-state index is 14.7. The first-order valence-corrected chi connectivity index (χ1v) is 14.4. The molecule has 2 aromatic heterocycles. The highest BCUT2D eigenvalue weighted by Crippen LogP contribution is 2.34. The van der Waals surface area contributed by atoms with Gasteiger partial charge in [-0.25, -0.2) is 21.9 Å². The van der Waals surface area contributed by atoms with E-state index in [0.29, 0.717) is 16.4 Å². The van der Waals surface area contributed by atoms with Gasteiger partial charge in [0, 0.05) is 16.2 Å². The molecule has 2 heterocycles. The Labute approximate surface area is 234 Å². The molecule has 39 heavy (non-hydrogen) atoms. The van der Waals surface area contributed by atoms with E-state index >= 15 is 0 Å². The van der Waals surface area contributed by atoms with Crippen molar-refractivity contribution in [3.63, 3.8) is 0 Å². The third-order valence-electron chi connectivity index (χ3n) is 6.61. The third-order valence-corrected chi connectivity index (χ3v) is 9.53. The molecule has 0 aliphatic heterocycles. The Morgan fingerprint density at radius 2 is 1.90 bits per heavy atom. The first-order chi connectivity index (χ1) is 18.4. The molecule has 4 aromatic rings. The van der Waals surface area contributed by atoms with E-state index in [-0.39, 0.29) is 39.3 Å². The van der Waals surface area contributed by atoms with Crippen molar-refractivity contribution in [3.8, 4) is 5.69 Å². The molecule has 1 fully saturated rings. The predicted molar refractivity (Wildman–Crippen MR) is 154 cm³/mol. The number of aromatic amines is 1. The van der Waals surface area contributed by atoms with Crippen LogP contribution in [0, 0.1) is 16.3 Å². The fraction of sp³-hybridized carbons (Fsp3) is 0.240. The molecule has 0 atom stereocenters. The number of halogens is 2. The van der Waals surface area contributed by atoms with Gasteiger partial charge in [-0.3, -0.25) is 23.7 Å². The van der Waals surface area contributed by atoms with Crippen molar-refractivity contribution >= 4 is 60.7 Å². The van der Waals surface area contributed by atoms with Crippen molar-refractivity contribution in [2.45, 2.75) is 25.0 Å². The lowest BCUT2D eigenvalue weighted by Gasteiger charge is -2.23. The summed E-state index contributed by atoms with van der Waals surface area (Å²) in [6, 6.07) is 10.2. The zero-order chi connectivity index (χ0) is 28.2. The molecule has 0 radical (unpaired) electrons. The van der Waals surface area contributed by atoms with Gasteiger partial charge in [0.25, 0.3) is 11.1 Å². The van der Waals surface area contributed by atoms with E-state index < -0.39 is 44.6 Å². The number of aliphatic hydroxyl groups is 1. The summed E-state index contributed by atoms with van der Waals surface area (Å²) in [6.07, 6.45) is 0.976. The normalized spacial score (nSPS) is 13.6. The van der Waals surface area contributed by atoms with E-state index in [1.807, 2.05) is 22.6 Å². The van der Waals surface area contributed by atoms with Crippen molar-refractivity contribution in [2.75, 3.05) is 16.4 Å². The second-order valence-electron chi connectivity index (χ2n) is 9.16. The molecule has 11 nitrogen and oxygen atoms in total. The number of hydrogen-bond acceptors (Lipinski definition) is 7. The van der Waals surface area contributed by atoms with E-state index in [1.165, 1.54) is 50.4 Å². The summed E-state index contributed by atoms with van der Waals surface area (Å²) in [7, 11) is -2.40. The van der Waals surface area contributed by atoms with Crippen LogP contribution in [-0.2, 0) is 17.1 Å². The highest BCUT2D eigenvalue weighted by Gasteiger charge is 2.40. The van der Waals surface area contributed by atoms with Crippen LogP contribution in [0.3, 0.4) is 0 Å². The number of aliphatic hydroxyl groups excluding tert-OH is 1. The number of hydrogen-bond donors (Lipinski definition) is 3. The molecule has 1 aliphatic carbocycles. The average Bonchev–Trinajstić information content (AvgIpc) is 3.73. The van der Waals surface area contributed by atoms with E-state index in [1.54, 1.807) is 6.07 Å². The number of fused-ring (bicyclic) bond motifs is 1. The molecule has 2 aromatic carbocycles. The summed E-state index contributed by atoms with van der Waals surface area (Å²) in [5.74, 6) is -0.651. The predicted octanol–water partition coefficient (Wildman–Crippen LogP) is 2.42. The molecule has 14 heteroatoms. The first-order valence-electron chi connectivity index (χ1n) is 11.8. The van der Waals surface area contributed by atoms with E-state index in [9.17, 15) is 32.3 Å². The lowest BCUT2D eigenvalue weighted by atomic mass is 10.1. The fourth-order valence-electron chi connectivity index (χ4n) is 4.49. The molecule has 5 rings (SSSR count). The summed E-state index contributed by atoms with van der Waals surface area (Å²) in [6.45, 7) is 0.648. The number of nitrogens with zero attached hydrogens (tertiary/aromatic N) is 3. The van der Waals surface area contributed by atoms with Crippen LogP contribution in [0.15, 0.2) is 56.8 Å². The number of aryl methyl sites for hydroxylation is 1. The molecular weight excluding hydrogens is 644 g/mol. The van der Waals surface area contributed by atoms with Crippen LogP contribution >= 0.6 is 22.6 Å². The van der Waals surface area contributed by atoms with Gasteiger partial charge in [0.2, 0.25) is 10.0 Å². The molecule has 0 bridgehead atoms. The Hall–Kier alpha value is -3.50.